The van der Waals surface area contributed by atoms with Gasteiger partial charge in [-0.1, -0.05) is 48.0 Å². The molecular formula is C33H43N5O2. The van der Waals surface area contributed by atoms with Crippen LogP contribution in [-0.2, 0) is 4.79 Å². The Morgan fingerprint density at radius 2 is 1.77 bits per heavy atom. The summed E-state index contributed by atoms with van der Waals surface area (Å²) in [5.41, 5.74) is 4.88. The van der Waals surface area contributed by atoms with Gasteiger partial charge < -0.3 is 20.5 Å². The summed E-state index contributed by atoms with van der Waals surface area (Å²) >= 11 is 0. The summed E-state index contributed by atoms with van der Waals surface area (Å²) in [6.07, 6.45) is 9.94. The molecule has 0 saturated carbocycles. The summed E-state index contributed by atoms with van der Waals surface area (Å²) in [5.74, 6) is 1.07. The fourth-order valence-corrected chi connectivity index (χ4v) is 6.54. The molecule has 0 spiro atoms. The second kappa shape index (κ2) is 13.2. The SMILES string of the molecule is CCNC(=O)NCC(C1CCN(C(=O)/C=C/c2cccc(C)c2)CC1)N1CCC(c2c[nH]c3ccccc23)CC1. The van der Waals surface area contributed by atoms with Gasteiger partial charge in [0.25, 0.3) is 0 Å². The minimum Gasteiger partial charge on any atom is -0.361 e. The maximum atomic E-state index is 12.9. The number of H-pyrrole nitrogens is 1. The Balaban J connectivity index is 1.20. The standard InChI is InChI=1S/C33H43N5O2/c1-3-34-33(40)36-23-31(37-17-13-26(14-18-37)29-22-35-30-10-5-4-9-28(29)30)27-15-19-38(20-16-27)32(39)12-11-25-8-6-7-24(2)21-25/h4-12,21-22,26-27,31,35H,3,13-20,23H2,1-2H3,(H2,34,36,40)/b12-11+. The molecule has 3 heterocycles. The van der Waals surface area contributed by atoms with Crippen molar-refractivity contribution in [2.75, 3.05) is 39.3 Å². The molecule has 2 aromatic carbocycles. The highest BCUT2D eigenvalue weighted by Crippen LogP contribution is 2.35. The second-order valence-corrected chi connectivity index (χ2v) is 11.3. The summed E-state index contributed by atoms with van der Waals surface area (Å²) in [7, 11) is 0. The smallest absolute Gasteiger partial charge is 0.314 e. The monoisotopic (exact) mass is 541 g/mol. The zero-order valence-electron chi connectivity index (χ0n) is 23.9. The van der Waals surface area contributed by atoms with Crippen LogP contribution in [0.5, 0.6) is 0 Å². The first-order chi connectivity index (χ1) is 19.5. The number of likely N-dealkylation sites (tertiary alicyclic amines) is 2. The molecule has 1 unspecified atom stereocenters. The van der Waals surface area contributed by atoms with Gasteiger partial charge in [0.15, 0.2) is 0 Å². The molecule has 1 atom stereocenters. The van der Waals surface area contributed by atoms with E-state index in [4.69, 9.17) is 0 Å². The van der Waals surface area contributed by atoms with E-state index in [1.165, 1.54) is 22.0 Å². The van der Waals surface area contributed by atoms with Crippen LogP contribution in [0.1, 0.15) is 55.2 Å². The molecule has 3 N–H and O–H groups in total. The number of amides is 3. The Labute approximate surface area is 238 Å². The van der Waals surface area contributed by atoms with Crippen molar-refractivity contribution in [2.24, 2.45) is 5.92 Å². The van der Waals surface area contributed by atoms with E-state index in [0.29, 0.717) is 24.9 Å². The van der Waals surface area contributed by atoms with Crippen molar-refractivity contribution in [3.8, 4) is 0 Å². The fourth-order valence-electron chi connectivity index (χ4n) is 6.54. The summed E-state index contributed by atoms with van der Waals surface area (Å²) in [6, 6.07) is 16.9. The Morgan fingerprint density at radius 1 is 1.00 bits per heavy atom. The predicted octanol–water partition coefficient (Wildman–Crippen LogP) is 5.30. The fraction of sp³-hybridized carbons (Fsp3) is 0.455. The number of urea groups is 1. The van der Waals surface area contributed by atoms with E-state index in [1.807, 2.05) is 30.0 Å². The van der Waals surface area contributed by atoms with E-state index in [1.54, 1.807) is 6.08 Å². The normalized spacial score (nSPS) is 18.3. The molecule has 5 rings (SSSR count). The van der Waals surface area contributed by atoms with Crippen molar-refractivity contribution >= 4 is 28.9 Å². The van der Waals surface area contributed by atoms with Gasteiger partial charge in [0.1, 0.15) is 0 Å². The number of rotatable bonds is 8. The van der Waals surface area contributed by atoms with Crippen molar-refractivity contribution in [1.82, 2.24) is 25.4 Å². The molecule has 0 aliphatic carbocycles. The van der Waals surface area contributed by atoms with Crippen molar-refractivity contribution in [3.05, 3.63) is 77.5 Å². The molecular weight excluding hydrogens is 498 g/mol. The van der Waals surface area contributed by atoms with Crippen LogP contribution >= 0.6 is 0 Å². The van der Waals surface area contributed by atoms with E-state index >= 15 is 0 Å². The highest BCUT2D eigenvalue weighted by molar-refractivity contribution is 5.91. The zero-order valence-corrected chi connectivity index (χ0v) is 23.9. The highest BCUT2D eigenvalue weighted by atomic mass is 16.2. The second-order valence-electron chi connectivity index (χ2n) is 11.3. The largest absolute Gasteiger partial charge is 0.361 e. The van der Waals surface area contributed by atoms with Gasteiger partial charge in [0, 0.05) is 55.4 Å². The summed E-state index contributed by atoms with van der Waals surface area (Å²) < 4.78 is 0. The van der Waals surface area contributed by atoms with Gasteiger partial charge in [-0.3, -0.25) is 9.69 Å². The van der Waals surface area contributed by atoms with Gasteiger partial charge in [-0.15, -0.1) is 0 Å². The number of hydrogen-bond acceptors (Lipinski definition) is 3. The third-order valence-electron chi connectivity index (χ3n) is 8.72. The molecule has 212 valence electrons. The third kappa shape index (κ3) is 6.76. The first-order valence-electron chi connectivity index (χ1n) is 14.9. The highest BCUT2D eigenvalue weighted by Gasteiger charge is 2.34. The number of hydrogen-bond donors (Lipinski definition) is 3. The average Bonchev–Trinajstić information content (AvgIpc) is 3.41. The minimum absolute atomic E-state index is 0.0801. The van der Waals surface area contributed by atoms with Crippen LogP contribution in [0, 0.1) is 12.8 Å². The number of nitrogens with zero attached hydrogens (tertiary/aromatic N) is 2. The number of carbonyl (C=O) groups is 2. The van der Waals surface area contributed by atoms with Gasteiger partial charge >= 0.3 is 6.03 Å². The Morgan fingerprint density at radius 3 is 2.52 bits per heavy atom. The Bertz CT molecular complexity index is 1320. The van der Waals surface area contributed by atoms with Crippen LogP contribution in [-0.4, -0.2) is 72.0 Å². The Hall–Kier alpha value is -3.58. The minimum atomic E-state index is -0.102. The average molecular weight is 542 g/mol. The van der Waals surface area contributed by atoms with E-state index in [9.17, 15) is 9.59 Å². The number of piperidine rings is 2. The number of benzene rings is 2. The topological polar surface area (TPSA) is 80.5 Å². The Kier molecular flexibility index (Phi) is 9.22. The van der Waals surface area contributed by atoms with Gasteiger partial charge in [0.2, 0.25) is 5.91 Å². The molecule has 2 saturated heterocycles. The lowest BCUT2D eigenvalue weighted by Gasteiger charge is -2.44. The predicted molar refractivity (Wildman–Crippen MR) is 162 cm³/mol. The van der Waals surface area contributed by atoms with Gasteiger partial charge in [-0.05, 0) is 87.7 Å². The maximum absolute atomic E-state index is 12.9. The molecule has 40 heavy (non-hydrogen) atoms. The van der Waals surface area contributed by atoms with E-state index in [-0.39, 0.29) is 18.0 Å². The molecule has 1 aromatic heterocycles. The van der Waals surface area contributed by atoms with E-state index in [0.717, 1.165) is 57.4 Å². The van der Waals surface area contributed by atoms with Crippen molar-refractivity contribution in [3.63, 3.8) is 0 Å². The molecule has 0 radical (unpaired) electrons. The number of fused-ring (bicyclic) bond motifs is 1. The van der Waals surface area contributed by atoms with Crippen LogP contribution < -0.4 is 10.6 Å². The number of aromatic amines is 1. The van der Waals surface area contributed by atoms with Gasteiger partial charge in [-0.2, -0.15) is 0 Å². The lowest BCUT2D eigenvalue weighted by Crippen LogP contribution is -2.54. The van der Waals surface area contributed by atoms with Crippen LogP contribution in [0.3, 0.4) is 0 Å². The number of carbonyl (C=O) groups excluding carboxylic acids is 2. The number of para-hydroxylation sites is 1. The number of aryl methyl sites for hydroxylation is 1. The third-order valence-corrected chi connectivity index (χ3v) is 8.72. The van der Waals surface area contributed by atoms with Crippen molar-refractivity contribution in [2.45, 2.75) is 51.5 Å². The molecule has 7 nitrogen and oxygen atoms in total. The number of aromatic nitrogens is 1. The van der Waals surface area contributed by atoms with Crippen LogP contribution in [0.2, 0.25) is 0 Å². The van der Waals surface area contributed by atoms with E-state index in [2.05, 4.69) is 70.0 Å². The number of nitrogens with one attached hydrogen (secondary N) is 3. The summed E-state index contributed by atoms with van der Waals surface area (Å²) in [5, 5.41) is 7.34. The lowest BCUT2D eigenvalue weighted by molar-refractivity contribution is -0.127. The lowest BCUT2D eigenvalue weighted by atomic mass is 9.84. The molecule has 2 aliphatic rings. The summed E-state index contributed by atoms with van der Waals surface area (Å²) in [6.45, 7) is 8.79. The molecule has 2 aliphatic heterocycles. The van der Waals surface area contributed by atoms with Crippen molar-refractivity contribution in [1.29, 1.82) is 0 Å². The maximum Gasteiger partial charge on any atom is 0.314 e. The quantitative estimate of drug-likeness (QED) is 0.339. The first kappa shape index (κ1) is 28.0. The van der Waals surface area contributed by atoms with Crippen molar-refractivity contribution < 1.29 is 9.59 Å². The molecule has 3 amide bonds. The zero-order chi connectivity index (χ0) is 27.9. The van der Waals surface area contributed by atoms with Crippen LogP contribution in [0.25, 0.3) is 17.0 Å². The molecule has 3 aromatic rings. The first-order valence-corrected chi connectivity index (χ1v) is 14.9. The molecule has 0 bridgehead atoms. The molecule has 2 fully saturated rings. The van der Waals surface area contributed by atoms with Crippen LogP contribution in [0.4, 0.5) is 4.79 Å². The van der Waals surface area contributed by atoms with Gasteiger partial charge in [0.05, 0.1) is 0 Å². The summed E-state index contributed by atoms with van der Waals surface area (Å²) in [4.78, 5) is 33.2. The van der Waals surface area contributed by atoms with Crippen LogP contribution in [0.15, 0.2) is 60.8 Å². The van der Waals surface area contributed by atoms with E-state index < -0.39 is 0 Å². The van der Waals surface area contributed by atoms with Gasteiger partial charge in [-0.25, -0.2) is 4.79 Å². The molecule has 7 heteroatoms.